The molecule has 0 unspecified atom stereocenters. The van der Waals surface area contributed by atoms with Gasteiger partial charge in [-0.05, 0) is 41.2 Å². The van der Waals surface area contributed by atoms with Crippen LogP contribution >= 0.6 is 0 Å². The number of aliphatic hydroxyl groups excluding tert-OH is 1. The fourth-order valence-electron chi connectivity index (χ4n) is 2.87. The van der Waals surface area contributed by atoms with E-state index in [1.54, 1.807) is 0 Å². The zero-order valence-electron chi connectivity index (χ0n) is 12.8. The highest BCUT2D eigenvalue weighted by Gasteiger charge is 2.26. The lowest BCUT2D eigenvalue weighted by Gasteiger charge is -2.33. The van der Waals surface area contributed by atoms with E-state index in [1.165, 1.54) is 11.1 Å². The molecule has 0 bridgehead atoms. The van der Waals surface area contributed by atoms with Crippen LogP contribution in [0.3, 0.4) is 0 Å². The predicted molar refractivity (Wildman–Crippen MR) is 88.1 cm³/mol. The number of fused-ring (bicyclic) bond motifs is 1. The third-order valence-corrected chi connectivity index (χ3v) is 3.92. The van der Waals surface area contributed by atoms with Crippen molar-refractivity contribution in [1.82, 2.24) is 0 Å². The zero-order valence-corrected chi connectivity index (χ0v) is 12.8. The Bertz CT molecular complexity index is 695. The summed E-state index contributed by atoms with van der Waals surface area (Å²) < 4.78 is 0. The van der Waals surface area contributed by atoms with Crippen molar-refractivity contribution < 1.29 is 5.11 Å². The molecule has 1 aliphatic heterocycles. The Morgan fingerprint density at radius 2 is 1.52 bits per heavy atom. The van der Waals surface area contributed by atoms with Crippen LogP contribution in [-0.4, -0.2) is 5.11 Å². The second-order valence-corrected chi connectivity index (χ2v) is 6.50. The first-order chi connectivity index (χ1) is 9.98. The van der Waals surface area contributed by atoms with E-state index >= 15 is 0 Å². The van der Waals surface area contributed by atoms with E-state index in [-0.39, 0.29) is 5.41 Å². The van der Waals surface area contributed by atoms with Crippen LogP contribution in [0, 0.1) is 0 Å². The number of aliphatic hydroxyl groups is 1. The summed E-state index contributed by atoms with van der Waals surface area (Å²) in [6.45, 7) is 6.59. The van der Waals surface area contributed by atoms with Gasteiger partial charge in [-0.1, -0.05) is 57.2 Å². The normalized spacial score (nSPS) is 14.6. The molecule has 0 atom stereocenters. The summed E-state index contributed by atoms with van der Waals surface area (Å²) in [6, 6.07) is 16.5. The first kappa shape index (κ1) is 13.7. The summed E-state index contributed by atoms with van der Waals surface area (Å²) in [4.78, 5) is 1.96. The molecule has 2 aromatic carbocycles. The largest absolute Gasteiger partial charge is 0.494 e. The topological polar surface area (TPSA) is 23.5 Å². The minimum atomic E-state index is 0.0171. The summed E-state index contributed by atoms with van der Waals surface area (Å²) in [5.74, 6) is 0.311. The molecule has 1 heterocycles. The molecule has 0 fully saturated rings. The van der Waals surface area contributed by atoms with Gasteiger partial charge in [0.05, 0.1) is 11.4 Å². The summed E-state index contributed by atoms with van der Waals surface area (Å²) >= 11 is 0. The molecule has 0 aliphatic carbocycles. The van der Waals surface area contributed by atoms with Gasteiger partial charge in [0.2, 0.25) is 0 Å². The van der Waals surface area contributed by atoms with Crippen LogP contribution in [0.4, 0.5) is 11.4 Å². The Labute approximate surface area is 126 Å². The Morgan fingerprint density at radius 1 is 0.905 bits per heavy atom. The third-order valence-electron chi connectivity index (χ3n) is 3.92. The number of hydrogen-bond acceptors (Lipinski definition) is 2. The third kappa shape index (κ3) is 2.42. The van der Waals surface area contributed by atoms with Gasteiger partial charge in [0.25, 0.3) is 0 Å². The predicted octanol–water partition coefficient (Wildman–Crippen LogP) is 5.08. The second-order valence-electron chi connectivity index (χ2n) is 6.50. The Hall–Kier alpha value is -2.22. The molecule has 108 valence electrons. The van der Waals surface area contributed by atoms with Gasteiger partial charge in [-0.25, -0.2) is 0 Å². The molecular formula is C19H21NO. The molecule has 21 heavy (non-hydrogen) atoms. The van der Waals surface area contributed by atoms with E-state index in [4.69, 9.17) is 0 Å². The lowest BCUT2D eigenvalue weighted by Crippen LogP contribution is -2.25. The van der Waals surface area contributed by atoms with Crippen molar-refractivity contribution in [3.05, 3.63) is 71.6 Å². The molecule has 1 N–H and O–H groups in total. The highest BCUT2D eigenvalue weighted by atomic mass is 16.3. The van der Waals surface area contributed by atoms with Crippen LogP contribution in [0.25, 0.3) is 0 Å². The lowest BCUT2D eigenvalue weighted by molar-refractivity contribution is 0.397. The fourth-order valence-corrected chi connectivity index (χ4v) is 2.87. The van der Waals surface area contributed by atoms with Gasteiger partial charge in [-0.15, -0.1) is 0 Å². The van der Waals surface area contributed by atoms with Crippen molar-refractivity contribution in [3.8, 4) is 0 Å². The van der Waals surface area contributed by atoms with E-state index in [1.807, 2.05) is 29.2 Å². The Kier molecular flexibility index (Phi) is 3.25. The van der Waals surface area contributed by atoms with Crippen LogP contribution in [0.2, 0.25) is 0 Å². The van der Waals surface area contributed by atoms with Crippen molar-refractivity contribution in [3.63, 3.8) is 0 Å². The van der Waals surface area contributed by atoms with Crippen LogP contribution in [0.5, 0.6) is 0 Å². The van der Waals surface area contributed by atoms with Gasteiger partial charge in [-0.3, -0.25) is 4.90 Å². The maximum atomic E-state index is 10.4. The van der Waals surface area contributed by atoms with Crippen molar-refractivity contribution in [2.75, 3.05) is 4.90 Å². The highest BCUT2D eigenvalue weighted by molar-refractivity contribution is 5.75. The number of allylic oxidation sites excluding steroid dienone is 1. The van der Waals surface area contributed by atoms with Crippen molar-refractivity contribution in [1.29, 1.82) is 0 Å². The van der Waals surface area contributed by atoms with Crippen molar-refractivity contribution in [2.24, 2.45) is 0 Å². The number of benzene rings is 2. The lowest BCUT2D eigenvalue weighted by atomic mass is 9.85. The van der Waals surface area contributed by atoms with Crippen molar-refractivity contribution >= 4 is 11.4 Å². The monoisotopic (exact) mass is 279 g/mol. The van der Waals surface area contributed by atoms with Crippen LogP contribution in [0.1, 0.15) is 31.9 Å². The minimum Gasteiger partial charge on any atom is -0.494 e. The van der Waals surface area contributed by atoms with E-state index in [0.29, 0.717) is 5.88 Å². The first-order valence-corrected chi connectivity index (χ1v) is 7.35. The molecule has 3 rings (SSSR count). The number of nitrogens with zero attached hydrogens (tertiary/aromatic N) is 1. The second kappa shape index (κ2) is 4.96. The van der Waals surface area contributed by atoms with Gasteiger partial charge in [0, 0.05) is 0 Å². The van der Waals surface area contributed by atoms with Crippen LogP contribution in [-0.2, 0) is 11.8 Å². The van der Waals surface area contributed by atoms with Gasteiger partial charge in [0.1, 0.15) is 0 Å². The van der Waals surface area contributed by atoms with Gasteiger partial charge in [0.15, 0.2) is 5.88 Å². The van der Waals surface area contributed by atoms with Crippen molar-refractivity contribution in [2.45, 2.75) is 32.6 Å². The molecule has 0 saturated carbocycles. The summed E-state index contributed by atoms with van der Waals surface area (Å²) in [6.07, 6.45) is 2.65. The summed E-state index contributed by atoms with van der Waals surface area (Å²) in [7, 11) is 0. The standard InChI is InChI=1S/C19H21NO/c1-19(2,3)15-9-5-7-11-17(15)20-16-10-6-4-8-14(16)12-13-18(20)21/h4-11,13,21H,12H2,1-3H3. The van der Waals surface area contributed by atoms with E-state index in [9.17, 15) is 5.11 Å². The molecule has 0 aromatic heterocycles. The number of para-hydroxylation sites is 2. The maximum Gasteiger partial charge on any atom is 0.192 e. The molecule has 2 nitrogen and oxygen atoms in total. The Balaban J connectivity index is 2.20. The fraction of sp³-hybridized carbons (Fsp3) is 0.263. The van der Waals surface area contributed by atoms with E-state index in [0.717, 1.165) is 17.8 Å². The minimum absolute atomic E-state index is 0.0171. The summed E-state index contributed by atoms with van der Waals surface area (Å²) in [5, 5.41) is 10.4. The molecular weight excluding hydrogens is 258 g/mol. The molecule has 0 saturated heterocycles. The summed E-state index contributed by atoms with van der Waals surface area (Å²) in [5.41, 5.74) is 4.59. The molecule has 0 radical (unpaired) electrons. The number of anilines is 2. The molecule has 2 aromatic rings. The quantitative estimate of drug-likeness (QED) is 0.787. The smallest absolute Gasteiger partial charge is 0.192 e. The van der Waals surface area contributed by atoms with Gasteiger partial charge < -0.3 is 5.11 Å². The number of rotatable bonds is 1. The first-order valence-electron chi connectivity index (χ1n) is 7.35. The van der Waals surface area contributed by atoms with E-state index in [2.05, 4.69) is 51.1 Å². The van der Waals surface area contributed by atoms with E-state index < -0.39 is 0 Å². The zero-order chi connectivity index (χ0) is 15.0. The molecule has 0 spiro atoms. The van der Waals surface area contributed by atoms with Gasteiger partial charge >= 0.3 is 0 Å². The molecule has 0 amide bonds. The Morgan fingerprint density at radius 3 is 2.24 bits per heavy atom. The van der Waals surface area contributed by atoms with Gasteiger partial charge in [-0.2, -0.15) is 0 Å². The molecule has 2 heteroatoms. The SMILES string of the molecule is CC(C)(C)c1ccccc1N1C(O)=CCc2ccccc21. The average molecular weight is 279 g/mol. The number of hydrogen-bond donors (Lipinski definition) is 1. The highest BCUT2D eigenvalue weighted by Crippen LogP contribution is 2.40. The average Bonchev–Trinajstić information content (AvgIpc) is 2.46. The maximum absolute atomic E-state index is 10.4. The molecule has 1 aliphatic rings. The van der Waals surface area contributed by atoms with Crippen LogP contribution < -0.4 is 4.90 Å². The van der Waals surface area contributed by atoms with Crippen LogP contribution in [0.15, 0.2) is 60.5 Å².